The summed E-state index contributed by atoms with van der Waals surface area (Å²) in [5.41, 5.74) is 0. The Morgan fingerprint density at radius 3 is 1.57 bits per heavy atom. The van der Waals surface area contributed by atoms with Gasteiger partial charge >= 0.3 is 47.7 Å². The molecule has 0 N–H and O–H groups in total. The van der Waals surface area contributed by atoms with Gasteiger partial charge in [-0.05, 0) is 35.7 Å². The average Bonchev–Trinajstić information content (AvgIpc) is 3.06. The van der Waals surface area contributed by atoms with Crippen LogP contribution < -0.4 is 4.74 Å². The van der Waals surface area contributed by atoms with Gasteiger partial charge in [0.15, 0.2) is 0 Å². The van der Waals surface area contributed by atoms with Gasteiger partial charge < -0.3 is 18.9 Å². The number of rotatable bonds is 18. The Morgan fingerprint density at radius 2 is 1.06 bits per heavy atom. The second-order valence-corrected chi connectivity index (χ2v) is 11.2. The van der Waals surface area contributed by atoms with Crippen molar-refractivity contribution in [3.8, 4) is 5.75 Å². The fourth-order valence-electron chi connectivity index (χ4n) is 3.64. The van der Waals surface area contributed by atoms with Gasteiger partial charge in [0.05, 0.1) is 38.1 Å². The molecule has 2 aromatic rings. The number of halogens is 13. The highest BCUT2D eigenvalue weighted by atomic mass is 19.4. The van der Waals surface area contributed by atoms with E-state index in [1.807, 2.05) is 44.2 Å². The summed E-state index contributed by atoms with van der Waals surface area (Å²) in [6.07, 6.45) is -9.12. The van der Waals surface area contributed by atoms with E-state index in [4.69, 9.17) is 14.2 Å². The third kappa shape index (κ3) is 11.2. The summed E-state index contributed by atoms with van der Waals surface area (Å²) in [5, 5.41) is 2.35. The number of carbonyl (C=O) groups excluding carboxylic acids is 2. The van der Waals surface area contributed by atoms with Crippen molar-refractivity contribution < 1.29 is 85.6 Å². The van der Waals surface area contributed by atoms with Gasteiger partial charge in [0.25, 0.3) is 0 Å². The molecular formula is C32H37F13O6. The number of carbonyl (C=O) groups is 2. The summed E-state index contributed by atoms with van der Waals surface area (Å²) in [5.74, 6) is -38.7. The van der Waals surface area contributed by atoms with Crippen LogP contribution in [0.4, 0.5) is 57.1 Å². The van der Waals surface area contributed by atoms with Crippen molar-refractivity contribution >= 4 is 22.7 Å². The molecule has 0 heterocycles. The Labute approximate surface area is 284 Å². The highest BCUT2D eigenvalue weighted by Crippen LogP contribution is 2.60. The molecule has 0 aliphatic heterocycles. The van der Waals surface area contributed by atoms with Crippen LogP contribution in [0.2, 0.25) is 0 Å². The minimum absolute atomic E-state index is 0.0498. The van der Waals surface area contributed by atoms with E-state index in [2.05, 4.69) is 16.9 Å². The molecular weight excluding hydrogens is 727 g/mol. The average molecular weight is 765 g/mol. The quantitative estimate of drug-likeness (QED) is 0.0856. The SMILES string of the molecule is CCC(C)C(=O)OCCC(F)(F)C(F)(F)C(F)(F)C(F)(F)C(F)(F)C(F)(F)F.CCC(C)C(=O)OCCOCCOc1ccc2ccccc2c1. The highest BCUT2D eigenvalue weighted by Gasteiger charge is 2.90. The van der Waals surface area contributed by atoms with Gasteiger partial charge in [-0.15, -0.1) is 0 Å². The third-order valence-corrected chi connectivity index (χ3v) is 7.38. The molecule has 0 fully saturated rings. The smallest absolute Gasteiger partial charge is 0.460 e. The first-order valence-corrected chi connectivity index (χ1v) is 15.3. The molecule has 2 unspecified atom stereocenters. The molecule has 0 radical (unpaired) electrons. The monoisotopic (exact) mass is 764 g/mol. The molecule has 2 rings (SSSR count). The van der Waals surface area contributed by atoms with Gasteiger partial charge in [-0.2, -0.15) is 57.1 Å². The number of benzene rings is 2. The van der Waals surface area contributed by atoms with Gasteiger partial charge in [0, 0.05) is 0 Å². The van der Waals surface area contributed by atoms with E-state index in [9.17, 15) is 66.7 Å². The van der Waals surface area contributed by atoms with Crippen LogP contribution >= 0.6 is 0 Å². The molecule has 0 saturated heterocycles. The minimum atomic E-state index is -7.93. The van der Waals surface area contributed by atoms with Crippen molar-refractivity contribution in [1.29, 1.82) is 0 Å². The molecule has 2 aromatic carbocycles. The zero-order chi connectivity index (χ0) is 39.5. The number of hydrogen-bond acceptors (Lipinski definition) is 6. The lowest BCUT2D eigenvalue weighted by atomic mass is 9.93. The third-order valence-electron chi connectivity index (χ3n) is 7.38. The fourth-order valence-corrected chi connectivity index (χ4v) is 3.64. The molecule has 19 heteroatoms. The Morgan fingerprint density at radius 1 is 0.588 bits per heavy atom. The van der Waals surface area contributed by atoms with Gasteiger partial charge in [-0.3, -0.25) is 9.59 Å². The molecule has 0 aliphatic rings. The summed E-state index contributed by atoms with van der Waals surface area (Å²) >= 11 is 0. The van der Waals surface area contributed by atoms with Crippen LogP contribution in [0, 0.1) is 11.8 Å². The summed E-state index contributed by atoms with van der Waals surface area (Å²) in [6.45, 7) is 6.34. The Hall–Kier alpha value is -3.51. The number of fused-ring (bicyclic) bond motifs is 1. The minimum Gasteiger partial charge on any atom is -0.491 e. The molecule has 0 bridgehead atoms. The number of alkyl halides is 13. The Bertz CT molecular complexity index is 1400. The van der Waals surface area contributed by atoms with Crippen LogP contribution in [0.5, 0.6) is 5.75 Å². The van der Waals surface area contributed by atoms with Crippen LogP contribution in [-0.2, 0) is 23.8 Å². The van der Waals surface area contributed by atoms with Gasteiger partial charge in [0.1, 0.15) is 19.0 Å². The molecule has 51 heavy (non-hydrogen) atoms. The molecule has 0 saturated carbocycles. The summed E-state index contributed by atoms with van der Waals surface area (Å²) in [6, 6.07) is 14.2. The first-order valence-electron chi connectivity index (χ1n) is 15.3. The molecule has 2 atom stereocenters. The number of hydrogen-bond donors (Lipinski definition) is 0. The largest absolute Gasteiger partial charge is 0.491 e. The zero-order valence-electron chi connectivity index (χ0n) is 27.7. The predicted octanol–water partition coefficient (Wildman–Crippen LogP) is 9.53. The molecule has 0 spiro atoms. The standard InChI is InChI=1S/C19H24O4.C13H13F13O2/c1-3-15(2)19(20)23-13-11-21-10-12-22-18-9-8-16-6-4-5-7-17(16)14-18;1-3-6(2)7(27)28-5-4-8(14,15)9(16,17)10(18,19)11(20,21)12(22,23)13(24,25)26/h4-9,14-15H,3,10-13H2,1-2H3;6H,3-5H2,1-2H3. The maximum atomic E-state index is 13.4. The number of esters is 2. The van der Waals surface area contributed by atoms with Crippen LogP contribution in [0.3, 0.4) is 0 Å². The van der Waals surface area contributed by atoms with Crippen molar-refractivity contribution in [3.05, 3.63) is 42.5 Å². The topological polar surface area (TPSA) is 71.1 Å². The van der Waals surface area contributed by atoms with Crippen molar-refractivity contribution in [3.63, 3.8) is 0 Å². The first-order chi connectivity index (χ1) is 23.3. The summed E-state index contributed by atoms with van der Waals surface area (Å²) in [7, 11) is 0. The lowest BCUT2D eigenvalue weighted by Gasteiger charge is -2.39. The van der Waals surface area contributed by atoms with Crippen LogP contribution in [0.15, 0.2) is 42.5 Å². The molecule has 292 valence electrons. The Balaban J connectivity index is 0.000000518. The maximum Gasteiger partial charge on any atom is 0.460 e. The van der Waals surface area contributed by atoms with Crippen molar-refractivity contribution in [2.24, 2.45) is 11.8 Å². The first kappa shape index (κ1) is 45.5. The normalized spacial score (nSPS) is 14.3. The van der Waals surface area contributed by atoms with Gasteiger partial charge in [-0.1, -0.05) is 58.0 Å². The summed E-state index contributed by atoms with van der Waals surface area (Å²) < 4.78 is 187. The van der Waals surface area contributed by atoms with Crippen LogP contribution in [0.25, 0.3) is 10.8 Å². The van der Waals surface area contributed by atoms with Crippen molar-refractivity contribution in [1.82, 2.24) is 0 Å². The molecule has 6 nitrogen and oxygen atoms in total. The second kappa shape index (κ2) is 18.3. The number of ether oxygens (including phenoxy) is 4. The molecule has 0 amide bonds. The molecule has 0 aliphatic carbocycles. The van der Waals surface area contributed by atoms with E-state index in [1.165, 1.54) is 19.2 Å². The van der Waals surface area contributed by atoms with Crippen molar-refractivity contribution in [2.45, 2.75) is 82.7 Å². The Kier molecular flexibility index (Phi) is 16.3. The second-order valence-electron chi connectivity index (χ2n) is 11.2. The highest BCUT2D eigenvalue weighted by molar-refractivity contribution is 5.83. The van der Waals surface area contributed by atoms with E-state index in [0.717, 1.165) is 17.6 Å². The van der Waals surface area contributed by atoms with E-state index >= 15 is 0 Å². The predicted molar refractivity (Wildman–Crippen MR) is 156 cm³/mol. The van der Waals surface area contributed by atoms with E-state index in [-0.39, 0.29) is 18.3 Å². The van der Waals surface area contributed by atoms with Gasteiger partial charge in [-0.25, -0.2) is 0 Å². The maximum absolute atomic E-state index is 13.4. The van der Waals surface area contributed by atoms with Gasteiger partial charge in [0.2, 0.25) is 0 Å². The molecule has 0 aromatic heterocycles. The van der Waals surface area contributed by atoms with E-state index < -0.39 is 60.7 Å². The fraction of sp³-hybridized carbons (Fsp3) is 0.625. The lowest BCUT2D eigenvalue weighted by Crippen LogP contribution is -2.70. The lowest BCUT2D eigenvalue weighted by molar-refractivity contribution is -0.440. The van der Waals surface area contributed by atoms with Crippen molar-refractivity contribution in [2.75, 3.05) is 33.0 Å². The zero-order valence-corrected chi connectivity index (χ0v) is 27.7. The van der Waals surface area contributed by atoms with Crippen LogP contribution in [0.1, 0.15) is 47.0 Å². The van der Waals surface area contributed by atoms with E-state index in [1.54, 1.807) is 0 Å². The van der Waals surface area contributed by atoms with Crippen LogP contribution in [-0.4, -0.2) is 80.8 Å². The summed E-state index contributed by atoms with van der Waals surface area (Å²) in [4.78, 5) is 22.6. The van der Waals surface area contributed by atoms with E-state index in [0.29, 0.717) is 26.4 Å².